The SMILES string of the molecule is O=C1N([C@@H]2CCC[C@@H](O)C2)c2nc(Nc3cn[nH]c3OCCO)ncc2C12CC2. The molecule has 0 aromatic carbocycles. The van der Waals surface area contributed by atoms with Crippen molar-refractivity contribution in [1.82, 2.24) is 20.2 Å². The zero-order chi connectivity index (χ0) is 20.0. The molecule has 4 N–H and O–H groups in total. The third-order valence-corrected chi connectivity index (χ3v) is 6.06. The lowest BCUT2D eigenvalue weighted by Crippen LogP contribution is -2.44. The number of fused-ring (bicyclic) bond motifs is 2. The number of aliphatic hydroxyl groups excluding tert-OH is 2. The van der Waals surface area contributed by atoms with E-state index in [2.05, 4.69) is 25.5 Å². The lowest BCUT2D eigenvalue weighted by atomic mass is 9.92. The summed E-state index contributed by atoms with van der Waals surface area (Å²) in [5.41, 5.74) is 0.960. The molecule has 0 bridgehead atoms. The fourth-order valence-corrected chi connectivity index (χ4v) is 4.46. The van der Waals surface area contributed by atoms with Crippen molar-refractivity contribution in [3.63, 3.8) is 0 Å². The number of hydrogen-bond donors (Lipinski definition) is 4. The fraction of sp³-hybridized carbons (Fsp3) is 0.579. The summed E-state index contributed by atoms with van der Waals surface area (Å²) in [6.07, 6.45) is 7.68. The molecule has 2 atom stereocenters. The quantitative estimate of drug-likeness (QED) is 0.564. The first-order chi connectivity index (χ1) is 14.1. The number of aromatic amines is 1. The molecule has 1 amide bonds. The predicted molar refractivity (Wildman–Crippen MR) is 103 cm³/mol. The third-order valence-electron chi connectivity index (χ3n) is 6.06. The minimum atomic E-state index is -0.471. The normalized spacial score (nSPS) is 24.6. The number of H-pyrrole nitrogens is 1. The molecule has 10 heteroatoms. The van der Waals surface area contributed by atoms with Gasteiger partial charge in [-0.1, -0.05) is 0 Å². The first-order valence-corrected chi connectivity index (χ1v) is 10.1. The molecule has 29 heavy (non-hydrogen) atoms. The maximum Gasteiger partial charge on any atom is 0.239 e. The van der Waals surface area contributed by atoms with Crippen LogP contribution in [0.5, 0.6) is 5.88 Å². The molecular weight excluding hydrogens is 376 g/mol. The van der Waals surface area contributed by atoms with Crippen LogP contribution < -0.4 is 15.0 Å². The molecule has 2 fully saturated rings. The summed E-state index contributed by atoms with van der Waals surface area (Å²) < 4.78 is 5.40. The van der Waals surface area contributed by atoms with Crippen molar-refractivity contribution in [2.45, 2.75) is 56.1 Å². The van der Waals surface area contributed by atoms with Crippen LogP contribution in [0.4, 0.5) is 17.5 Å². The number of hydrogen-bond acceptors (Lipinski definition) is 8. The number of aromatic nitrogens is 4. The molecule has 3 heterocycles. The molecule has 2 aromatic rings. The van der Waals surface area contributed by atoms with E-state index in [-0.39, 0.29) is 31.3 Å². The summed E-state index contributed by atoms with van der Waals surface area (Å²) in [4.78, 5) is 24.1. The van der Waals surface area contributed by atoms with Crippen LogP contribution in [0.15, 0.2) is 12.4 Å². The Bertz CT molecular complexity index is 927. The van der Waals surface area contributed by atoms with Crippen LogP contribution in [-0.4, -0.2) is 61.6 Å². The van der Waals surface area contributed by atoms with Gasteiger partial charge >= 0.3 is 0 Å². The van der Waals surface area contributed by atoms with Gasteiger partial charge in [0.2, 0.25) is 17.7 Å². The summed E-state index contributed by atoms with van der Waals surface area (Å²) in [6, 6.07) is -0.0369. The highest BCUT2D eigenvalue weighted by molar-refractivity contribution is 6.09. The van der Waals surface area contributed by atoms with E-state index in [1.807, 2.05) is 0 Å². The molecule has 5 rings (SSSR count). The van der Waals surface area contributed by atoms with Crippen molar-refractivity contribution in [2.24, 2.45) is 0 Å². The number of amides is 1. The van der Waals surface area contributed by atoms with Gasteiger partial charge in [-0.2, -0.15) is 10.1 Å². The van der Waals surface area contributed by atoms with Crippen molar-refractivity contribution < 1.29 is 19.7 Å². The van der Waals surface area contributed by atoms with E-state index in [0.29, 0.717) is 29.8 Å². The van der Waals surface area contributed by atoms with Crippen LogP contribution in [0.2, 0.25) is 0 Å². The van der Waals surface area contributed by atoms with Crippen LogP contribution in [-0.2, 0) is 10.2 Å². The van der Waals surface area contributed by atoms with Gasteiger partial charge in [-0.05, 0) is 38.5 Å². The van der Waals surface area contributed by atoms with Crippen LogP contribution in [0.1, 0.15) is 44.1 Å². The number of aliphatic hydroxyl groups is 2. The number of nitrogens with one attached hydrogen (secondary N) is 2. The number of ether oxygens (including phenoxy) is 1. The first-order valence-electron chi connectivity index (χ1n) is 10.1. The molecule has 2 aliphatic carbocycles. The summed E-state index contributed by atoms with van der Waals surface area (Å²) >= 11 is 0. The molecule has 1 aliphatic heterocycles. The second-order valence-corrected chi connectivity index (χ2v) is 7.97. The maximum absolute atomic E-state index is 13.3. The monoisotopic (exact) mass is 400 g/mol. The Kier molecular flexibility index (Phi) is 4.39. The van der Waals surface area contributed by atoms with E-state index >= 15 is 0 Å². The highest BCUT2D eigenvalue weighted by Gasteiger charge is 2.61. The minimum Gasteiger partial charge on any atom is -0.474 e. The highest BCUT2D eigenvalue weighted by Crippen LogP contribution is 2.57. The van der Waals surface area contributed by atoms with Gasteiger partial charge in [0.1, 0.15) is 18.1 Å². The van der Waals surface area contributed by atoms with Crippen LogP contribution in [0, 0.1) is 0 Å². The third kappa shape index (κ3) is 3.03. The van der Waals surface area contributed by atoms with Gasteiger partial charge in [0.15, 0.2) is 0 Å². The molecule has 10 nitrogen and oxygen atoms in total. The topological polar surface area (TPSA) is 136 Å². The first kappa shape index (κ1) is 18.3. The molecule has 2 aromatic heterocycles. The van der Waals surface area contributed by atoms with Gasteiger partial charge in [0.25, 0.3) is 0 Å². The summed E-state index contributed by atoms with van der Waals surface area (Å²) in [6.45, 7) is 0.0247. The Morgan fingerprint density at radius 2 is 2.21 bits per heavy atom. The zero-order valence-corrected chi connectivity index (χ0v) is 16.0. The van der Waals surface area contributed by atoms with E-state index in [1.165, 1.54) is 0 Å². The molecule has 0 unspecified atom stereocenters. The Balaban J connectivity index is 1.45. The van der Waals surface area contributed by atoms with Gasteiger partial charge in [-0.25, -0.2) is 10.1 Å². The minimum absolute atomic E-state index is 0.0369. The zero-order valence-electron chi connectivity index (χ0n) is 16.0. The molecule has 0 saturated heterocycles. The maximum atomic E-state index is 13.3. The van der Waals surface area contributed by atoms with Gasteiger partial charge in [-0.3, -0.25) is 9.69 Å². The number of nitrogens with zero attached hydrogens (tertiary/aromatic N) is 4. The lowest BCUT2D eigenvalue weighted by molar-refractivity contribution is -0.121. The number of carbonyl (C=O) groups is 1. The Labute approximate surface area is 167 Å². The van der Waals surface area contributed by atoms with Gasteiger partial charge < -0.3 is 20.3 Å². The van der Waals surface area contributed by atoms with E-state index in [9.17, 15) is 9.90 Å². The molecule has 2 saturated carbocycles. The van der Waals surface area contributed by atoms with Crippen molar-refractivity contribution in [2.75, 3.05) is 23.4 Å². The molecule has 0 radical (unpaired) electrons. The average Bonchev–Trinajstić information content (AvgIpc) is 3.34. The molecular formula is C19H24N6O4. The van der Waals surface area contributed by atoms with Crippen molar-refractivity contribution in [1.29, 1.82) is 0 Å². The van der Waals surface area contributed by atoms with E-state index < -0.39 is 5.41 Å². The molecule has 1 spiro atoms. The number of anilines is 3. The van der Waals surface area contributed by atoms with E-state index in [4.69, 9.17) is 9.84 Å². The Hall–Kier alpha value is -2.72. The Morgan fingerprint density at radius 3 is 2.97 bits per heavy atom. The van der Waals surface area contributed by atoms with Crippen molar-refractivity contribution in [3.05, 3.63) is 18.0 Å². The van der Waals surface area contributed by atoms with E-state index in [1.54, 1.807) is 17.3 Å². The van der Waals surface area contributed by atoms with Crippen LogP contribution in [0.3, 0.4) is 0 Å². The van der Waals surface area contributed by atoms with Crippen molar-refractivity contribution in [3.8, 4) is 5.88 Å². The molecule has 3 aliphatic rings. The lowest BCUT2D eigenvalue weighted by Gasteiger charge is -2.33. The van der Waals surface area contributed by atoms with E-state index in [0.717, 1.165) is 37.7 Å². The Morgan fingerprint density at radius 1 is 1.34 bits per heavy atom. The second-order valence-electron chi connectivity index (χ2n) is 7.97. The standard InChI is InChI=1S/C19H24N6O4/c26-6-7-29-16-14(10-21-24-16)22-18-20-9-13-15(23-18)25(17(28)19(13)4-5-19)11-2-1-3-12(27)8-11/h9-12,26-27H,1-8H2,(H,21,24)(H,20,22,23)/t11-,12-/m1/s1. The molecule has 154 valence electrons. The fourth-order valence-electron chi connectivity index (χ4n) is 4.46. The summed E-state index contributed by atoms with van der Waals surface area (Å²) in [5.74, 6) is 1.45. The van der Waals surface area contributed by atoms with Gasteiger partial charge in [-0.15, -0.1) is 0 Å². The second kappa shape index (κ2) is 6.96. The smallest absolute Gasteiger partial charge is 0.239 e. The summed E-state index contributed by atoms with van der Waals surface area (Å²) in [7, 11) is 0. The van der Waals surface area contributed by atoms with Crippen LogP contribution >= 0.6 is 0 Å². The van der Waals surface area contributed by atoms with Crippen LogP contribution in [0.25, 0.3) is 0 Å². The number of rotatable bonds is 6. The predicted octanol–water partition coefficient (Wildman–Crippen LogP) is 0.996. The number of carbonyl (C=O) groups excluding carboxylic acids is 1. The largest absolute Gasteiger partial charge is 0.474 e. The average molecular weight is 400 g/mol. The summed E-state index contributed by atoms with van der Waals surface area (Å²) in [5, 5.41) is 28.8. The highest BCUT2D eigenvalue weighted by atomic mass is 16.5. The van der Waals surface area contributed by atoms with Gasteiger partial charge in [0.05, 0.1) is 24.3 Å². The van der Waals surface area contributed by atoms with Crippen molar-refractivity contribution >= 4 is 23.4 Å². The van der Waals surface area contributed by atoms with Gasteiger partial charge in [0, 0.05) is 17.8 Å².